The van der Waals surface area contributed by atoms with Gasteiger partial charge in [-0.05, 0) is 41.7 Å². The van der Waals surface area contributed by atoms with Gasteiger partial charge in [0.1, 0.15) is 5.75 Å². The summed E-state index contributed by atoms with van der Waals surface area (Å²) in [6, 6.07) is 13.5. The van der Waals surface area contributed by atoms with Crippen LogP contribution < -0.4 is 10.1 Å². The number of amides is 1. The molecule has 0 aromatic heterocycles. The number of rotatable bonds is 7. The molecule has 0 bridgehead atoms. The molecule has 1 saturated heterocycles. The third-order valence-electron chi connectivity index (χ3n) is 4.76. The third kappa shape index (κ3) is 4.73. The lowest BCUT2D eigenvalue weighted by molar-refractivity contribution is -0.145. The maximum absolute atomic E-state index is 12.0. The van der Waals surface area contributed by atoms with Crippen LogP contribution in [0.15, 0.2) is 42.5 Å². The molecule has 0 saturated carbocycles. The summed E-state index contributed by atoms with van der Waals surface area (Å²) >= 11 is 0. The second kappa shape index (κ2) is 8.67. The number of fused-ring (bicyclic) bond motifs is 1. The first kappa shape index (κ1) is 18.2. The van der Waals surface area contributed by atoms with Gasteiger partial charge in [-0.25, -0.2) is 0 Å². The summed E-state index contributed by atoms with van der Waals surface area (Å²) in [5.74, 6) is -1.16. The molecule has 0 aliphatic carbocycles. The Bertz CT molecular complexity index is 770. The van der Waals surface area contributed by atoms with Gasteiger partial charge < -0.3 is 19.9 Å². The summed E-state index contributed by atoms with van der Waals surface area (Å²) in [6.07, 6.45) is 1.42. The van der Waals surface area contributed by atoms with E-state index in [9.17, 15) is 14.7 Å². The van der Waals surface area contributed by atoms with Gasteiger partial charge >= 0.3 is 5.97 Å². The Morgan fingerprint density at radius 3 is 2.62 bits per heavy atom. The monoisotopic (exact) mass is 357 g/mol. The molecule has 6 nitrogen and oxygen atoms in total. The number of carboxylic acid groups (broad SMARTS) is 1. The highest BCUT2D eigenvalue weighted by Crippen LogP contribution is 2.24. The van der Waals surface area contributed by atoms with Crippen LogP contribution in [0.4, 0.5) is 0 Å². The largest absolute Gasteiger partial charge is 0.484 e. The standard InChI is InChI=1S/C20H23NO5/c22-19(21-12-18(20(23)24)15-7-9-25-10-8-15)13-26-17-6-5-14-3-1-2-4-16(14)11-17/h1-6,11,15,18H,7-10,12-13H2,(H,21,22)(H,23,24). The summed E-state index contributed by atoms with van der Waals surface area (Å²) in [4.78, 5) is 23.5. The zero-order valence-corrected chi connectivity index (χ0v) is 14.5. The first-order chi connectivity index (χ1) is 12.6. The number of hydrogen-bond donors (Lipinski definition) is 2. The quantitative estimate of drug-likeness (QED) is 0.795. The van der Waals surface area contributed by atoms with E-state index in [1.54, 1.807) is 0 Å². The molecule has 1 fully saturated rings. The zero-order valence-electron chi connectivity index (χ0n) is 14.5. The van der Waals surface area contributed by atoms with Gasteiger partial charge in [-0.3, -0.25) is 9.59 Å². The van der Waals surface area contributed by atoms with E-state index in [0.29, 0.717) is 31.8 Å². The number of carboxylic acids is 1. The van der Waals surface area contributed by atoms with Crippen molar-refractivity contribution in [1.82, 2.24) is 5.32 Å². The molecule has 2 aromatic carbocycles. The predicted molar refractivity (Wildman–Crippen MR) is 97.1 cm³/mol. The second-order valence-corrected chi connectivity index (χ2v) is 6.50. The second-order valence-electron chi connectivity index (χ2n) is 6.50. The molecule has 2 N–H and O–H groups in total. The highest BCUT2D eigenvalue weighted by atomic mass is 16.5. The number of carbonyl (C=O) groups excluding carboxylic acids is 1. The number of benzene rings is 2. The van der Waals surface area contributed by atoms with Gasteiger partial charge in [-0.15, -0.1) is 0 Å². The van der Waals surface area contributed by atoms with Gasteiger partial charge in [0, 0.05) is 19.8 Å². The minimum absolute atomic E-state index is 0.0305. The summed E-state index contributed by atoms with van der Waals surface area (Å²) < 4.78 is 10.8. The fraction of sp³-hybridized carbons (Fsp3) is 0.400. The third-order valence-corrected chi connectivity index (χ3v) is 4.76. The molecule has 0 radical (unpaired) electrons. The first-order valence-electron chi connectivity index (χ1n) is 8.82. The highest BCUT2D eigenvalue weighted by molar-refractivity contribution is 5.84. The summed E-state index contributed by atoms with van der Waals surface area (Å²) in [5, 5.41) is 14.2. The molecule has 6 heteroatoms. The van der Waals surface area contributed by atoms with E-state index >= 15 is 0 Å². The van der Waals surface area contributed by atoms with Crippen LogP contribution in [-0.4, -0.2) is 43.3 Å². The number of hydrogen-bond acceptors (Lipinski definition) is 4. The van der Waals surface area contributed by atoms with Gasteiger partial charge in [-0.1, -0.05) is 30.3 Å². The zero-order chi connectivity index (χ0) is 18.4. The van der Waals surface area contributed by atoms with E-state index in [-0.39, 0.29) is 25.0 Å². The molecule has 3 rings (SSSR count). The van der Waals surface area contributed by atoms with Crippen LogP contribution in [0.25, 0.3) is 10.8 Å². The molecule has 1 unspecified atom stereocenters. The lowest BCUT2D eigenvalue weighted by Crippen LogP contribution is -2.40. The highest BCUT2D eigenvalue weighted by Gasteiger charge is 2.30. The number of ether oxygens (including phenoxy) is 2. The van der Waals surface area contributed by atoms with Crippen LogP contribution in [0.1, 0.15) is 12.8 Å². The predicted octanol–water partition coefficient (Wildman–Crippen LogP) is 2.46. The van der Waals surface area contributed by atoms with E-state index in [1.165, 1.54) is 0 Å². The molecule has 1 atom stereocenters. The smallest absolute Gasteiger partial charge is 0.308 e. The van der Waals surface area contributed by atoms with Crippen LogP contribution in [0.2, 0.25) is 0 Å². The molecule has 0 spiro atoms. The minimum Gasteiger partial charge on any atom is -0.484 e. The summed E-state index contributed by atoms with van der Waals surface area (Å²) in [5.41, 5.74) is 0. The Hall–Kier alpha value is -2.60. The van der Waals surface area contributed by atoms with Crippen molar-refractivity contribution in [2.45, 2.75) is 12.8 Å². The van der Waals surface area contributed by atoms with E-state index in [1.807, 2.05) is 42.5 Å². The van der Waals surface area contributed by atoms with Crippen LogP contribution in [0.3, 0.4) is 0 Å². The molecule has 26 heavy (non-hydrogen) atoms. The van der Waals surface area contributed by atoms with E-state index in [0.717, 1.165) is 10.8 Å². The maximum Gasteiger partial charge on any atom is 0.308 e. The number of carbonyl (C=O) groups is 2. The Morgan fingerprint density at radius 1 is 1.15 bits per heavy atom. The van der Waals surface area contributed by atoms with Gasteiger partial charge in [0.05, 0.1) is 5.92 Å². The van der Waals surface area contributed by atoms with Crippen molar-refractivity contribution in [3.8, 4) is 5.75 Å². The maximum atomic E-state index is 12.0. The van der Waals surface area contributed by atoms with Gasteiger partial charge in [0.15, 0.2) is 6.61 Å². The van der Waals surface area contributed by atoms with E-state index in [4.69, 9.17) is 9.47 Å². The van der Waals surface area contributed by atoms with Crippen LogP contribution in [-0.2, 0) is 14.3 Å². The van der Waals surface area contributed by atoms with Crippen LogP contribution >= 0.6 is 0 Å². The van der Waals surface area contributed by atoms with Crippen LogP contribution in [0.5, 0.6) is 5.75 Å². The topological polar surface area (TPSA) is 84.9 Å². The molecule has 1 aliphatic heterocycles. The fourth-order valence-corrected chi connectivity index (χ4v) is 3.25. The first-order valence-corrected chi connectivity index (χ1v) is 8.82. The van der Waals surface area contributed by atoms with Crippen molar-refractivity contribution >= 4 is 22.6 Å². The van der Waals surface area contributed by atoms with Gasteiger partial charge in [0.2, 0.25) is 0 Å². The molecule has 1 heterocycles. The van der Waals surface area contributed by atoms with Gasteiger partial charge in [-0.2, -0.15) is 0 Å². The van der Waals surface area contributed by atoms with Crippen molar-refractivity contribution in [1.29, 1.82) is 0 Å². The lowest BCUT2D eigenvalue weighted by atomic mass is 9.86. The summed E-state index contributed by atoms with van der Waals surface area (Å²) in [7, 11) is 0. The Balaban J connectivity index is 1.50. The van der Waals surface area contributed by atoms with E-state index < -0.39 is 11.9 Å². The summed E-state index contributed by atoms with van der Waals surface area (Å²) in [6.45, 7) is 1.12. The number of nitrogens with one attached hydrogen (secondary N) is 1. The molecular formula is C20H23NO5. The molecular weight excluding hydrogens is 334 g/mol. The molecule has 1 amide bonds. The van der Waals surface area contributed by atoms with Crippen molar-refractivity contribution in [3.05, 3.63) is 42.5 Å². The molecule has 138 valence electrons. The lowest BCUT2D eigenvalue weighted by Gasteiger charge is -2.27. The molecule has 2 aromatic rings. The van der Waals surface area contributed by atoms with Crippen molar-refractivity contribution < 1.29 is 24.2 Å². The molecule has 1 aliphatic rings. The van der Waals surface area contributed by atoms with Crippen molar-refractivity contribution in [3.63, 3.8) is 0 Å². The number of aliphatic carboxylic acids is 1. The normalized spacial score (nSPS) is 16.2. The van der Waals surface area contributed by atoms with E-state index in [2.05, 4.69) is 5.32 Å². The van der Waals surface area contributed by atoms with Gasteiger partial charge in [0.25, 0.3) is 5.91 Å². The SMILES string of the molecule is O=C(COc1ccc2ccccc2c1)NCC(C(=O)O)C1CCOCC1. The van der Waals surface area contributed by atoms with Crippen LogP contribution in [0, 0.1) is 11.8 Å². The van der Waals surface area contributed by atoms with Crippen molar-refractivity contribution in [2.75, 3.05) is 26.4 Å². The Labute approximate surface area is 152 Å². The average molecular weight is 357 g/mol. The minimum atomic E-state index is -0.882. The fourth-order valence-electron chi connectivity index (χ4n) is 3.25. The average Bonchev–Trinajstić information content (AvgIpc) is 2.67. The Morgan fingerprint density at radius 2 is 1.88 bits per heavy atom. The van der Waals surface area contributed by atoms with Crippen molar-refractivity contribution in [2.24, 2.45) is 11.8 Å². The Kier molecular flexibility index (Phi) is 6.07.